The Bertz CT molecular complexity index is 607. The molecule has 7 heteroatoms. The van der Waals surface area contributed by atoms with E-state index in [-0.39, 0.29) is 24.5 Å². The fourth-order valence-corrected chi connectivity index (χ4v) is 4.26. The largest absolute Gasteiger partial charge is 0.379 e. The predicted molar refractivity (Wildman–Crippen MR) is 89.3 cm³/mol. The summed E-state index contributed by atoms with van der Waals surface area (Å²) >= 11 is 5.88. The fourth-order valence-electron chi connectivity index (χ4n) is 3.00. The molecular formula is C16H22ClNO4S. The van der Waals surface area contributed by atoms with E-state index in [0.717, 1.165) is 24.3 Å². The van der Waals surface area contributed by atoms with Crippen LogP contribution in [0.15, 0.2) is 24.3 Å². The Morgan fingerprint density at radius 1 is 1.26 bits per heavy atom. The monoisotopic (exact) mass is 359 g/mol. The van der Waals surface area contributed by atoms with E-state index in [1.54, 1.807) is 0 Å². The van der Waals surface area contributed by atoms with Gasteiger partial charge >= 0.3 is 0 Å². The first-order valence-corrected chi connectivity index (χ1v) is 10.00. The zero-order valence-electron chi connectivity index (χ0n) is 12.9. The average Bonchev–Trinajstić information content (AvgIpc) is 2.97. The van der Waals surface area contributed by atoms with Crippen LogP contribution < -0.4 is 4.72 Å². The molecule has 1 aromatic carbocycles. The van der Waals surface area contributed by atoms with E-state index in [1.807, 2.05) is 24.3 Å². The molecule has 0 bridgehead atoms. The summed E-state index contributed by atoms with van der Waals surface area (Å²) in [6.45, 7) is 1.49. The highest BCUT2D eigenvalue weighted by Crippen LogP contribution is 2.37. The normalized spacial score (nSPS) is 27.8. The average molecular weight is 360 g/mol. The SMILES string of the molecule is O=S(=O)(CCOC1CCOC1)NC1CC(c2ccc(Cl)cc2)C1. The zero-order chi connectivity index (χ0) is 16.3. The molecule has 0 radical (unpaired) electrons. The van der Waals surface area contributed by atoms with Gasteiger partial charge in [-0.15, -0.1) is 0 Å². The number of benzene rings is 1. The third kappa shape index (κ3) is 4.90. The fraction of sp³-hybridized carbons (Fsp3) is 0.625. The van der Waals surface area contributed by atoms with Crippen LogP contribution in [0, 0.1) is 0 Å². The van der Waals surface area contributed by atoms with Gasteiger partial charge < -0.3 is 9.47 Å². The van der Waals surface area contributed by atoms with Crippen LogP contribution in [-0.4, -0.2) is 46.1 Å². The Hall–Kier alpha value is -0.660. The summed E-state index contributed by atoms with van der Waals surface area (Å²) in [5.74, 6) is 0.415. The highest BCUT2D eigenvalue weighted by molar-refractivity contribution is 7.89. The predicted octanol–water partition coefficient (Wildman–Crippen LogP) is 2.31. The number of hydrogen-bond donors (Lipinski definition) is 1. The number of sulfonamides is 1. The van der Waals surface area contributed by atoms with E-state index in [0.29, 0.717) is 19.1 Å². The first kappa shape index (κ1) is 17.2. The number of ether oxygens (including phenoxy) is 2. The maximum absolute atomic E-state index is 12.1. The lowest BCUT2D eigenvalue weighted by Crippen LogP contribution is -2.44. The number of halogens is 1. The summed E-state index contributed by atoms with van der Waals surface area (Å²) < 4.78 is 37.6. The van der Waals surface area contributed by atoms with Crippen molar-refractivity contribution in [2.75, 3.05) is 25.6 Å². The van der Waals surface area contributed by atoms with Gasteiger partial charge in [-0.05, 0) is 42.9 Å². The minimum absolute atomic E-state index is 0.00557. The summed E-state index contributed by atoms with van der Waals surface area (Å²) in [5, 5.41) is 0.720. The second-order valence-corrected chi connectivity index (χ2v) is 8.52. The van der Waals surface area contributed by atoms with Crippen molar-refractivity contribution in [3.05, 3.63) is 34.9 Å². The third-order valence-electron chi connectivity index (χ3n) is 4.42. The molecule has 128 valence electrons. The summed E-state index contributed by atoms with van der Waals surface area (Å²) in [6.07, 6.45) is 2.55. The van der Waals surface area contributed by atoms with Gasteiger partial charge in [-0.2, -0.15) is 0 Å². The van der Waals surface area contributed by atoms with Gasteiger partial charge in [0.2, 0.25) is 10.0 Å². The maximum atomic E-state index is 12.1. The van der Waals surface area contributed by atoms with Crippen LogP contribution in [0.4, 0.5) is 0 Å². The second kappa shape index (κ2) is 7.49. The molecule has 1 aliphatic carbocycles. The molecule has 3 rings (SSSR count). The summed E-state index contributed by atoms with van der Waals surface area (Å²) in [4.78, 5) is 0. The van der Waals surface area contributed by atoms with Gasteiger partial charge in [-0.1, -0.05) is 23.7 Å². The Labute approximate surface area is 142 Å². The molecule has 5 nitrogen and oxygen atoms in total. The third-order valence-corrected chi connectivity index (χ3v) is 6.07. The Morgan fingerprint density at radius 2 is 2.00 bits per heavy atom. The molecule has 1 saturated carbocycles. The molecule has 1 atom stereocenters. The van der Waals surface area contributed by atoms with Crippen LogP contribution in [0.5, 0.6) is 0 Å². The van der Waals surface area contributed by atoms with Crippen molar-refractivity contribution in [1.82, 2.24) is 4.72 Å². The lowest BCUT2D eigenvalue weighted by atomic mass is 9.76. The van der Waals surface area contributed by atoms with Crippen LogP contribution in [0.25, 0.3) is 0 Å². The van der Waals surface area contributed by atoms with Gasteiger partial charge in [0.25, 0.3) is 0 Å². The van der Waals surface area contributed by atoms with Gasteiger partial charge in [0, 0.05) is 17.7 Å². The van der Waals surface area contributed by atoms with E-state index in [4.69, 9.17) is 21.1 Å². The first-order valence-electron chi connectivity index (χ1n) is 7.97. The number of nitrogens with one attached hydrogen (secondary N) is 1. The van der Waals surface area contributed by atoms with Gasteiger partial charge in [-0.3, -0.25) is 0 Å². The van der Waals surface area contributed by atoms with Crippen molar-refractivity contribution in [3.63, 3.8) is 0 Å². The van der Waals surface area contributed by atoms with Crippen molar-refractivity contribution in [1.29, 1.82) is 0 Å². The van der Waals surface area contributed by atoms with E-state index in [1.165, 1.54) is 5.56 Å². The highest BCUT2D eigenvalue weighted by atomic mass is 35.5. The lowest BCUT2D eigenvalue weighted by Gasteiger charge is -2.36. The molecule has 1 heterocycles. The maximum Gasteiger partial charge on any atom is 0.214 e. The summed E-state index contributed by atoms with van der Waals surface area (Å²) in [7, 11) is -3.28. The zero-order valence-corrected chi connectivity index (χ0v) is 14.5. The van der Waals surface area contributed by atoms with Crippen molar-refractivity contribution in [3.8, 4) is 0 Å². The Balaban J connectivity index is 1.38. The molecule has 23 heavy (non-hydrogen) atoms. The highest BCUT2D eigenvalue weighted by Gasteiger charge is 2.33. The molecule has 2 fully saturated rings. The molecular weight excluding hydrogens is 338 g/mol. The van der Waals surface area contributed by atoms with Crippen LogP contribution in [0.3, 0.4) is 0 Å². The quantitative estimate of drug-likeness (QED) is 0.811. The summed E-state index contributed by atoms with van der Waals surface area (Å²) in [6, 6.07) is 7.79. The summed E-state index contributed by atoms with van der Waals surface area (Å²) in [5.41, 5.74) is 1.22. The molecule has 1 aliphatic heterocycles. The molecule has 0 spiro atoms. The molecule has 0 aromatic heterocycles. The van der Waals surface area contributed by atoms with E-state index < -0.39 is 10.0 Å². The van der Waals surface area contributed by atoms with Crippen molar-refractivity contribution in [2.24, 2.45) is 0 Å². The van der Waals surface area contributed by atoms with Crippen LogP contribution >= 0.6 is 11.6 Å². The molecule has 1 N–H and O–H groups in total. The van der Waals surface area contributed by atoms with Gasteiger partial charge in [0.1, 0.15) is 0 Å². The van der Waals surface area contributed by atoms with Crippen molar-refractivity contribution in [2.45, 2.75) is 37.3 Å². The van der Waals surface area contributed by atoms with Crippen molar-refractivity contribution < 1.29 is 17.9 Å². The van der Waals surface area contributed by atoms with E-state index in [2.05, 4.69) is 4.72 Å². The Kier molecular flexibility index (Phi) is 5.59. The smallest absolute Gasteiger partial charge is 0.214 e. The van der Waals surface area contributed by atoms with Gasteiger partial charge in [-0.25, -0.2) is 13.1 Å². The second-order valence-electron chi connectivity index (χ2n) is 6.21. The molecule has 0 amide bonds. The Morgan fingerprint density at radius 3 is 2.65 bits per heavy atom. The van der Waals surface area contributed by atoms with Crippen LogP contribution in [-0.2, 0) is 19.5 Å². The standard InChI is InChI=1S/C16H22ClNO4S/c17-14-3-1-12(2-4-14)13-9-15(10-13)18-23(19,20)8-7-22-16-5-6-21-11-16/h1-4,13,15-16,18H,5-11H2. The topological polar surface area (TPSA) is 64.6 Å². The van der Waals surface area contributed by atoms with E-state index in [9.17, 15) is 8.42 Å². The minimum Gasteiger partial charge on any atom is -0.379 e. The van der Waals surface area contributed by atoms with Gasteiger partial charge in [0.15, 0.2) is 0 Å². The van der Waals surface area contributed by atoms with Crippen LogP contribution in [0.2, 0.25) is 5.02 Å². The molecule has 2 aliphatic rings. The minimum atomic E-state index is -3.28. The molecule has 1 unspecified atom stereocenters. The van der Waals surface area contributed by atoms with Crippen molar-refractivity contribution >= 4 is 21.6 Å². The number of hydrogen-bond acceptors (Lipinski definition) is 4. The number of rotatable bonds is 7. The van der Waals surface area contributed by atoms with Crippen LogP contribution in [0.1, 0.15) is 30.7 Å². The first-order chi connectivity index (χ1) is 11.0. The molecule has 1 aromatic rings. The van der Waals surface area contributed by atoms with E-state index >= 15 is 0 Å². The lowest BCUT2D eigenvalue weighted by molar-refractivity contribution is 0.0518. The molecule has 1 saturated heterocycles. The van der Waals surface area contributed by atoms with Gasteiger partial charge in [0.05, 0.1) is 25.1 Å².